The molecule has 0 N–H and O–H groups in total. The number of ether oxygens (including phenoxy) is 1. The number of allylic oxidation sites excluding steroid dienone is 2. The van der Waals surface area contributed by atoms with E-state index in [1.165, 1.54) is 44.9 Å². The van der Waals surface area contributed by atoms with E-state index in [1.807, 2.05) is 6.92 Å². The summed E-state index contributed by atoms with van der Waals surface area (Å²) in [5.74, 6) is -0.0450. The van der Waals surface area contributed by atoms with Crippen molar-refractivity contribution in [2.24, 2.45) is 0 Å². The summed E-state index contributed by atoms with van der Waals surface area (Å²) in [4.78, 5) is 11.1. The van der Waals surface area contributed by atoms with Gasteiger partial charge in [0.25, 0.3) is 0 Å². The van der Waals surface area contributed by atoms with E-state index < -0.39 is 0 Å². The second-order valence-electron chi connectivity index (χ2n) is 4.73. The molecule has 0 heterocycles. The normalized spacial score (nSPS) is 11.0. The average molecular weight is 254 g/mol. The monoisotopic (exact) mass is 254 g/mol. The third-order valence-corrected chi connectivity index (χ3v) is 2.95. The molecule has 0 saturated carbocycles. The highest BCUT2D eigenvalue weighted by Gasteiger charge is 2.00. The van der Waals surface area contributed by atoms with Crippen LogP contribution in [0, 0.1) is 0 Å². The summed E-state index contributed by atoms with van der Waals surface area (Å²) in [6.07, 6.45) is 16.2. The van der Waals surface area contributed by atoms with Crippen molar-refractivity contribution in [2.75, 3.05) is 6.61 Å². The highest BCUT2D eigenvalue weighted by Crippen LogP contribution is 2.08. The molecule has 0 radical (unpaired) electrons. The summed E-state index contributed by atoms with van der Waals surface area (Å²) >= 11 is 0. The molecule has 0 saturated heterocycles. The Labute approximate surface area is 113 Å². The summed E-state index contributed by atoms with van der Waals surface area (Å²) in [5.41, 5.74) is 0. The minimum Gasteiger partial charge on any atom is -0.466 e. The first kappa shape index (κ1) is 17.2. The Morgan fingerprint density at radius 2 is 1.50 bits per heavy atom. The van der Waals surface area contributed by atoms with Gasteiger partial charge in [-0.1, -0.05) is 51.2 Å². The van der Waals surface area contributed by atoms with Crippen molar-refractivity contribution in [3.05, 3.63) is 12.2 Å². The summed E-state index contributed by atoms with van der Waals surface area (Å²) in [6.45, 7) is 4.58. The zero-order valence-corrected chi connectivity index (χ0v) is 12.2. The summed E-state index contributed by atoms with van der Waals surface area (Å²) in [5, 5.41) is 0. The standard InChI is InChI=1S/C16H30O2/c1-3-5-6-7-8-9-10-11-12-13-14-15-16(17)18-4-2/h7-8H,3-6,9-15H2,1-2H3/b8-7+. The Balaban J connectivity index is 3.11. The van der Waals surface area contributed by atoms with Gasteiger partial charge in [0, 0.05) is 6.42 Å². The third-order valence-electron chi connectivity index (χ3n) is 2.95. The smallest absolute Gasteiger partial charge is 0.305 e. The summed E-state index contributed by atoms with van der Waals surface area (Å²) < 4.78 is 4.89. The zero-order valence-electron chi connectivity index (χ0n) is 12.2. The molecule has 0 fully saturated rings. The fourth-order valence-electron chi connectivity index (χ4n) is 1.85. The van der Waals surface area contributed by atoms with E-state index in [0.29, 0.717) is 13.0 Å². The van der Waals surface area contributed by atoms with E-state index in [0.717, 1.165) is 12.8 Å². The molecule has 0 amide bonds. The van der Waals surface area contributed by atoms with E-state index >= 15 is 0 Å². The second-order valence-corrected chi connectivity index (χ2v) is 4.73. The van der Waals surface area contributed by atoms with Crippen LogP contribution in [0.15, 0.2) is 12.2 Å². The van der Waals surface area contributed by atoms with E-state index in [1.54, 1.807) is 0 Å². The number of carbonyl (C=O) groups excluding carboxylic acids is 1. The van der Waals surface area contributed by atoms with Crippen LogP contribution in [-0.2, 0) is 9.53 Å². The number of unbranched alkanes of at least 4 members (excludes halogenated alkanes) is 7. The molecule has 0 unspecified atom stereocenters. The van der Waals surface area contributed by atoms with Gasteiger partial charge in [0.05, 0.1) is 6.61 Å². The molecule has 0 aromatic heterocycles. The van der Waals surface area contributed by atoms with Gasteiger partial charge in [0.2, 0.25) is 0 Å². The molecule has 0 aromatic rings. The average Bonchev–Trinajstić information content (AvgIpc) is 2.36. The van der Waals surface area contributed by atoms with Crippen LogP contribution >= 0.6 is 0 Å². The summed E-state index contributed by atoms with van der Waals surface area (Å²) in [6, 6.07) is 0. The van der Waals surface area contributed by atoms with Crippen LogP contribution < -0.4 is 0 Å². The largest absolute Gasteiger partial charge is 0.466 e. The predicted octanol–water partition coefficient (Wildman–Crippen LogP) is 5.03. The Hall–Kier alpha value is -0.790. The third kappa shape index (κ3) is 13.3. The quantitative estimate of drug-likeness (QED) is 0.277. The molecule has 0 aliphatic carbocycles. The number of rotatable bonds is 12. The van der Waals surface area contributed by atoms with Crippen molar-refractivity contribution in [3.8, 4) is 0 Å². The molecule has 2 heteroatoms. The number of carbonyl (C=O) groups is 1. The molecule has 0 spiro atoms. The fourth-order valence-corrected chi connectivity index (χ4v) is 1.85. The first-order valence-electron chi connectivity index (χ1n) is 7.61. The number of hydrogen-bond acceptors (Lipinski definition) is 2. The van der Waals surface area contributed by atoms with Crippen LogP contribution in [0.25, 0.3) is 0 Å². The molecule has 0 aliphatic heterocycles. The molecular formula is C16H30O2. The molecule has 0 rings (SSSR count). The van der Waals surface area contributed by atoms with Gasteiger partial charge in [0.15, 0.2) is 0 Å². The van der Waals surface area contributed by atoms with Gasteiger partial charge < -0.3 is 4.74 Å². The maximum absolute atomic E-state index is 11.1. The lowest BCUT2D eigenvalue weighted by Crippen LogP contribution is -2.03. The Kier molecular flexibility index (Phi) is 13.6. The fraction of sp³-hybridized carbons (Fsp3) is 0.812. The predicted molar refractivity (Wildman–Crippen MR) is 77.6 cm³/mol. The lowest BCUT2D eigenvalue weighted by Gasteiger charge is -2.01. The zero-order chi connectivity index (χ0) is 13.5. The minimum absolute atomic E-state index is 0.0450. The van der Waals surface area contributed by atoms with Crippen LogP contribution in [0.3, 0.4) is 0 Å². The van der Waals surface area contributed by atoms with Crippen LogP contribution in [0.5, 0.6) is 0 Å². The molecule has 18 heavy (non-hydrogen) atoms. The molecule has 0 bridgehead atoms. The maximum Gasteiger partial charge on any atom is 0.305 e. The molecule has 106 valence electrons. The Morgan fingerprint density at radius 3 is 2.17 bits per heavy atom. The van der Waals surface area contributed by atoms with Crippen LogP contribution in [0.1, 0.15) is 78.1 Å². The number of hydrogen-bond donors (Lipinski definition) is 0. The van der Waals surface area contributed by atoms with Gasteiger partial charge in [-0.05, 0) is 32.6 Å². The van der Waals surface area contributed by atoms with Crippen LogP contribution in [0.2, 0.25) is 0 Å². The van der Waals surface area contributed by atoms with Crippen molar-refractivity contribution in [2.45, 2.75) is 78.1 Å². The minimum atomic E-state index is -0.0450. The highest BCUT2D eigenvalue weighted by molar-refractivity contribution is 5.69. The van der Waals surface area contributed by atoms with Crippen LogP contribution in [0.4, 0.5) is 0 Å². The molecule has 2 nitrogen and oxygen atoms in total. The van der Waals surface area contributed by atoms with E-state index in [4.69, 9.17) is 4.74 Å². The van der Waals surface area contributed by atoms with E-state index in [9.17, 15) is 4.79 Å². The topological polar surface area (TPSA) is 26.3 Å². The molecule has 0 aromatic carbocycles. The lowest BCUT2D eigenvalue weighted by molar-refractivity contribution is -0.143. The van der Waals surface area contributed by atoms with Gasteiger partial charge in [-0.25, -0.2) is 0 Å². The molecule has 0 atom stereocenters. The van der Waals surface area contributed by atoms with E-state index in [2.05, 4.69) is 19.1 Å². The van der Waals surface area contributed by atoms with Crippen molar-refractivity contribution >= 4 is 5.97 Å². The van der Waals surface area contributed by atoms with Crippen molar-refractivity contribution in [1.82, 2.24) is 0 Å². The Bertz CT molecular complexity index is 209. The van der Waals surface area contributed by atoms with Crippen molar-refractivity contribution < 1.29 is 9.53 Å². The lowest BCUT2D eigenvalue weighted by atomic mass is 10.1. The first-order chi connectivity index (χ1) is 8.81. The first-order valence-corrected chi connectivity index (χ1v) is 7.61. The van der Waals surface area contributed by atoms with Crippen molar-refractivity contribution in [1.29, 1.82) is 0 Å². The van der Waals surface area contributed by atoms with Gasteiger partial charge in [-0.2, -0.15) is 0 Å². The summed E-state index contributed by atoms with van der Waals surface area (Å²) in [7, 11) is 0. The highest BCUT2D eigenvalue weighted by atomic mass is 16.5. The second kappa shape index (κ2) is 14.3. The SMILES string of the molecule is CCCC/C=C/CCCCCCCC(=O)OCC. The van der Waals surface area contributed by atoms with Gasteiger partial charge in [-0.15, -0.1) is 0 Å². The Morgan fingerprint density at radius 1 is 0.889 bits per heavy atom. The van der Waals surface area contributed by atoms with Gasteiger partial charge in [-0.3, -0.25) is 4.79 Å². The van der Waals surface area contributed by atoms with E-state index in [-0.39, 0.29) is 5.97 Å². The van der Waals surface area contributed by atoms with Gasteiger partial charge >= 0.3 is 5.97 Å². The van der Waals surface area contributed by atoms with Crippen LogP contribution in [-0.4, -0.2) is 12.6 Å². The van der Waals surface area contributed by atoms with Gasteiger partial charge in [0.1, 0.15) is 0 Å². The number of esters is 1. The maximum atomic E-state index is 11.1. The molecule has 0 aliphatic rings. The van der Waals surface area contributed by atoms with Crippen molar-refractivity contribution in [3.63, 3.8) is 0 Å². The molecular weight excluding hydrogens is 224 g/mol.